The Kier molecular flexibility index (Phi) is 11.1. The number of carboxylic acids is 1. The van der Waals surface area contributed by atoms with Gasteiger partial charge in [-0.25, -0.2) is 14.3 Å². The average Bonchev–Trinajstić information content (AvgIpc) is 3.35. The maximum absolute atomic E-state index is 13.3. The maximum Gasteiger partial charge on any atom is 0.418 e. The second-order valence-electron chi connectivity index (χ2n) is 10.7. The molecule has 1 fully saturated rings. The number of ether oxygens (including phenoxy) is 1. The predicted octanol–water partition coefficient (Wildman–Crippen LogP) is 0.334. The Morgan fingerprint density at radius 3 is 2.44 bits per heavy atom. The molecule has 3 heterocycles. The maximum atomic E-state index is 13.3. The number of carbonyl (C=O) groups excluding carboxylic acids is 2. The van der Waals surface area contributed by atoms with E-state index >= 15 is 0 Å². The second-order valence-corrected chi connectivity index (χ2v) is 13.3. The zero-order chi connectivity index (χ0) is 35.4. The summed E-state index contributed by atoms with van der Waals surface area (Å²) < 4.78 is 42.9. The Morgan fingerprint density at radius 1 is 1.23 bits per heavy atom. The summed E-state index contributed by atoms with van der Waals surface area (Å²) in [5, 5.41) is 19.3. The van der Waals surface area contributed by atoms with Crippen molar-refractivity contribution in [3.05, 3.63) is 52.6 Å². The standard InChI is InChI=1S/C27H31ClN8O10S2/c1-27(2)21(24(38)36(27)46-48(41,42)43)33-23(37)20(19-22(28)47-26(30)32-19)34-45-17(25(39)40)13-44-16-7-4-14(5-8-16)15-6-9-18(31-11-10-29)35(3)12-15/h4-9,12,17,21H,10-11,13,29H2,1-3H3,(H5,30,32,33,37,39,40,41,42,43)/p+1/b34-20-/t17-,21+/m0/s1. The summed E-state index contributed by atoms with van der Waals surface area (Å²) in [6.07, 6.45) is 0.206. The van der Waals surface area contributed by atoms with E-state index in [9.17, 15) is 27.9 Å². The van der Waals surface area contributed by atoms with Crippen molar-refractivity contribution in [1.29, 1.82) is 0 Å². The Morgan fingerprint density at radius 2 is 1.90 bits per heavy atom. The van der Waals surface area contributed by atoms with E-state index in [0.29, 0.717) is 23.9 Å². The van der Waals surface area contributed by atoms with Crippen molar-refractivity contribution in [2.24, 2.45) is 17.9 Å². The smallest absolute Gasteiger partial charge is 0.418 e. The molecule has 1 aliphatic heterocycles. The van der Waals surface area contributed by atoms with Crippen molar-refractivity contribution in [1.82, 2.24) is 15.4 Å². The average molecular weight is 728 g/mol. The SMILES string of the molecule is C[n+]1cc(-c2ccc(OC[C@H](O/N=C(\C(=O)N[C@@H]3C(=O)N(OS(=O)(=O)O)C3(C)C)c3nc(N)sc3Cl)C(=O)O)cc2)ccc1NCCN. The summed E-state index contributed by atoms with van der Waals surface area (Å²) in [4.78, 5) is 47.0. The van der Waals surface area contributed by atoms with Crippen molar-refractivity contribution in [2.75, 3.05) is 30.7 Å². The topological polar surface area (TPSA) is 262 Å². The molecule has 0 bridgehead atoms. The minimum atomic E-state index is -5.04. The Bertz CT molecular complexity index is 1840. The van der Waals surface area contributed by atoms with Crippen LogP contribution in [0.3, 0.4) is 0 Å². The fourth-order valence-corrected chi connectivity index (χ4v) is 5.80. The third-order valence-corrected chi connectivity index (χ3v) is 8.30. The van der Waals surface area contributed by atoms with Crippen molar-refractivity contribution >= 4 is 67.8 Å². The van der Waals surface area contributed by atoms with Crippen molar-refractivity contribution in [3.8, 4) is 16.9 Å². The Hall–Kier alpha value is -4.60. The van der Waals surface area contributed by atoms with Crippen LogP contribution >= 0.6 is 22.9 Å². The molecule has 3 aromatic rings. The van der Waals surface area contributed by atoms with E-state index in [4.69, 9.17) is 37.2 Å². The molecule has 0 spiro atoms. The quantitative estimate of drug-likeness (QED) is 0.0405. The predicted molar refractivity (Wildman–Crippen MR) is 172 cm³/mol. The highest BCUT2D eigenvalue weighted by Gasteiger charge is 2.58. The van der Waals surface area contributed by atoms with Gasteiger partial charge in [-0.3, -0.25) is 19.5 Å². The van der Waals surface area contributed by atoms with Gasteiger partial charge in [-0.15, -0.1) is 4.28 Å². The number of aromatic nitrogens is 2. The number of nitrogens with zero attached hydrogens (tertiary/aromatic N) is 4. The Labute approximate surface area is 283 Å². The third kappa shape index (κ3) is 8.45. The minimum absolute atomic E-state index is 0.0576. The molecule has 0 radical (unpaired) electrons. The van der Waals surface area contributed by atoms with E-state index in [0.717, 1.165) is 28.3 Å². The van der Waals surface area contributed by atoms with Crippen LogP contribution in [-0.2, 0) is 41.0 Å². The van der Waals surface area contributed by atoms with Gasteiger partial charge in [-0.2, -0.15) is 13.5 Å². The van der Waals surface area contributed by atoms with Crippen LogP contribution in [0.15, 0.2) is 47.8 Å². The molecule has 2 aromatic heterocycles. The molecule has 0 saturated carbocycles. The fourth-order valence-electron chi connectivity index (χ4n) is 4.42. The number of hydrogen-bond acceptors (Lipinski definition) is 14. The van der Waals surface area contributed by atoms with Gasteiger partial charge in [0.15, 0.2) is 10.8 Å². The van der Waals surface area contributed by atoms with Gasteiger partial charge in [0.25, 0.3) is 23.7 Å². The van der Waals surface area contributed by atoms with Crippen LogP contribution in [0, 0.1) is 0 Å². The van der Waals surface area contributed by atoms with E-state index in [1.165, 1.54) is 13.8 Å². The lowest BCUT2D eigenvalue weighted by atomic mass is 9.84. The van der Waals surface area contributed by atoms with E-state index < -0.39 is 58.2 Å². The first-order valence-electron chi connectivity index (χ1n) is 13.9. The number of aryl methyl sites for hydroxylation is 1. The van der Waals surface area contributed by atoms with Crippen molar-refractivity contribution < 1.29 is 50.9 Å². The number of β-lactam (4-membered cyclic amide) rings is 1. The number of hydrogen-bond donors (Lipinski definition) is 6. The number of oxime groups is 1. The van der Waals surface area contributed by atoms with E-state index in [-0.39, 0.29) is 15.2 Å². The number of rotatable bonds is 15. The number of nitrogens with two attached hydrogens (primary N) is 2. The first-order valence-corrected chi connectivity index (χ1v) is 16.5. The molecule has 48 heavy (non-hydrogen) atoms. The van der Waals surface area contributed by atoms with E-state index in [1.54, 1.807) is 24.3 Å². The normalized spacial score (nSPS) is 16.5. The number of amides is 2. The lowest BCUT2D eigenvalue weighted by Crippen LogP contribution is -2.76. The fraction of sp³-hybridized carbons (Fsp3) is 0.333. The van der Waals surface area contributed by atoms with Crippen LogP contribution in [0.2, 0.25) is 4.34 Å². The van der Waals surface area contributed by atoms with Gasteiger partial charge < -0.3 is 31.5 Å². The van der Waals surface area contributed by atoms with E-state index in [1.807, 2.05) is 29.9 Å². The molecule has 2 amide bonds. The highest BCUT2D eigenvalue weighted by molar-refractivity contribution is 7.80. The zero-order valence-electron chi connectivity index (χ0n) is 25.6. The molecule has 21 heteroatoms. The zero-order valence-corrected chi connectivity index (χ0v) is 28.0. The number of thiazole rings is 1. The molecule has 0 aliphatic carbocycles. The summed E-state index contributed by atoms with van der Waals surface area (Å²) in [5.74, 6) is -2.40. The van der Waals surface area contributed by atoms with Crippen LogP contribution in [-0.4, -0.2) is 89.0 Å². The molecule has 18 nitrogen and oxygen atoms in total. The number of halogens is 1. The lowest BCUT2D eigenvalue weighted by molar-refractivity contribution is -0.656. The highest BCUT2D eigenvalue weighted by atomic mass is 35.5. The van der Waals surface area contributed by atoms with Gasteiger partial charge in [0.1, 0.15) is 28.4 Å². The van der Waals surface area contributed by atoms with Gasteiger partial charge in [-0.05, 0) is 37.6 Å². The number of carbonyl (C=O) groups is 3. The number of aliphatic carboxylic acids is 1. The van der Waals surface area contributed by atoms with Crippen LogP contribution in [0.25, 0.3) is 11.1 Å². The van der Waals surface area contributed by atoms with Crippen LogP contribution in [0.1, 0.15) is 19.5 Å². The lowest BCUT2D eigenvalue weighted by Gasteiger charge is -2.50. The first-order chi connectivity index (χ1) is 22.5. The number of benzene rings is 1. The molecule has 2 atom stereocenters. The molecule has 1 aliphatic rings. The van der Waals surface area contributed by atoms with Crippen molar-refractivity contribution in [3.63, 3.8) is 0 Å². The number of nitrogen functional groups attached to an aromatic ring is 1. The molecular weight excluding hydrogens is 696 g/mol. The molecule has 4 rings (SSSR count). The first kappa shape index (κ1) is 36.2. The largest absolute Gasteiger partial charge is 0.489 e. The Balaban J connectivity index is 1.47. The van der Waals surface area contributed by atoms with Gasteiger partial charge in [0.05, 0.1) is 25.3 Å². The summed E-state index contributed by atoms with van der Waals surface area (Å²) in [7, 11) is -3.15. The number of anilines is 2. The molecule has 1 aromatic carbocycles. The van der Waals surface area contributed by atoms with Gasteiger partial charge in [-0.1, -0.05) is 40.2 Å². The third-order valence-electron chi connectivity index (χ3n) is 6.88. The van der Waals surface area contributed by atoms with Crippen molar-refractivity contribution in [2.45, 2.75) is 31.5 Å². The molecule has 258 valence electrons. The monoisotopic (exact) mass is 727 g/mol. The number of pyridine rings is 1. The molecule has 0 unspecified atom stereocenters. The second kappa shape index (κ2) is 14.7. The summed E-state index contributed by atoms with van der Waals surface area (Å²) in [6.45, 7) is 3.27. The van der Waals surface area contributed by atoms with Gasteiger partial charge >= 0.3 is 16.4 Å². The molecular formula is C27H32ClN8O10S2+. The summed E-state index contributed by atoms with van der Waals surface area (Å²) in [6, 6.07) is 9.33. The number of hydroxylamine groups is 2. The van der Waals surface area contributed by atoms with Gasteiger partial charge in [0.2, 0.25) is 0 Å². The minimum Gasteiger partial charge on any atom is -0.489 e. The van der Waals surface area contributed by atoms with E-state index in [2.05, 4.69) is 25.1 Å². The number of nitrogens with one attached hydrogen (secondary N) is 2. The van der Waals surface area contributed by atoms with Crippen LogP contribution < -0.4 is 31.4 Å². The molecule has 8 N–H and O–H groups in total. The number of carboxylic acid groups (broad SMARTS) is 1. The van der Waals surface area contributed by atoms with Crippen LogP contribution in [0.5, 0.6) is 5.75 Å². The summed E-state index contributed by atoms with van der Waals surface area (Å²) >= 11 is 6.97. The van der Waals surface area contributed by atoms with Crippen LogP contribution in [0.4, 0.5) is 10.9 Å². The van der Waals surface area contributed by atoms with Gasteiger partial charge in [0, 0.05) is 18.2 Å². The summed E-state index contributed by atoms with van der Waals surface area (Å²) in [5.41, 5.74) is 10.7. The molecule has 1 saturated heterocycles. The highest BCUT2D eigenvalue weighted by Crippen LogP contribution is 2.33.